The van der Waals surface area contributed by atoms with E-state index in [4.69, 9.17) is 0 Å². The summed E-state index contributed by atoms with van der Waals surface area (Å²) >= 11 is 0. The van der Waals surface area contributed by atoms with Crippen LogP contribution in [-0.4, -0.2) is 52.4 Å². The zero-order valence-corrected chi connectivity index (χ0v) is 15.1. The van der Waals surface area contributed by atoms with Gasteiger partial charge in [0, 0.05) is 56.5 Å². The smallest absolute Gasteiger partial charge is 0.254 e. The van der Waals surface area contributed by atoms with E-state index in [9.17, 15) is 4.79 Å². The summed E-state index contributed by atoms with van der Waals surface area (Å²) < 4.78 is 0. The highest BCUT2D eigenvalue weighted by Crippen LogP contribution is 2.21. The number of aromatic nitrogens is 2. The summed E-state index contributed by atoms with van der Waals surface area (Å²) in [6, 6.07) is 5.92. The molecule has 5 heteroatoms. The van der Waals surface area contributed by atoms with Gasteiger partial charge in [0.25, 0.3) is 5.91 Å². The maximum atomic E-state index is 12.8. The molecule has 0 bridgehead atoms. The molecule has 0 spiro atoms. The van der Waals surface area contributed by atoms with Crippen LogP contribution in [0.4, 0.5) is 0 Å². The van der Waals surface area contributed by atoms with Crippen molar-refractivity contribution in [2.75, 3.05) is 26.7 Å². The van der Waals surface area contributed by atoms with Crippen LogP contribution in [0.2, 0.25) is 0 Å². The molecule has 3 heterocycles. The summed E-state index contributed by atoms with van der Waals surface area (Å²) in [6.07, 6.45) is 9.13. The third-order valence-corrected chi connectivity index (χ3v) is 4.83. The van der Waals surface area contributed by atoms with Crippen LogP contribution in [0.5, 0.6) is 0 Å². The number of nitrogens with zero attached hydrogens (tertiary/aromatic N) is 4. The summed E-state index contributed by atoms with van der Waals surface area (Å²) in [4.78, 5) is 25.4. The number of carbonyl (C=O) groups excluding carboxylic acids is 1. The van der Waals surface area contributed by atoms with E-state index in [1.165, 1.54) is 5.56 Å². The molecule has 5 nitrogen and oxygen atoms in total. The molecule has 0 aromatic carbocycles. The van der Waals surface area contributed by atoms with Gasteiger partial charge in [-0.3, -0.25) is 14.8 Å². The van der Waals surface area contributed by atoms with Gasteiger partial charge in [0.05, 0.1) is 0 Å². The van der Waals surface area contributed by atoms with Crippen molar-refractivity contribution < 1.29 is 4.79 Å². The van der Waals surface area contributed by atoms with Gasteiger partial charge in [-0.15, -0.1) is 0 Å². The first-order valence-electron chi connectivity index (χ1n) is 8.97. The molecule has 0 unspecified atom stereocenters. The minimum absolute atomic E-state index is 0.150. The summed E-state index contributed by atoms with van der Waals surface area (Å²) in [5.74, 6) is 0.675. The Morgan fingerprint density at radius 1 is 1.28 bits per heavy atom. The molecule has 1 saturated heterocycles. The Bertz CT molecular complexity index is 704. The van der Waals surface area contributed by atoms with E-state index in [-0.39, 0.29) is 5.91 Å². The van der Waals surface area contributed by atoms with Crippen LogP contribution in [0, 0.1) is 5.92 Å². The standard InChI is InChI=1S/C20H26N4O/c1-3-18-12-22-9-6-19(18)20(25)24-10-7-17(15-24)14-23(2)13-16-5-4-8-21-11-16/h4-6,8-9,11-12,17H,3,7,10,13-15H2,1-2H3/t17-/m0/s1. The Kier molecular flexibility index (Phi) is 5.76. The number of hydrogen-bond donors (Lipinski definition) is 0. The Morgan fingerprint density at radius 3 is 2.88 bits per heavy atom. The van der Waals surface area contributed by atoms with E-state index >= 15 is 0 Å². The molecular weight excluding hydrogens is 312 g/mol. The average molecular weight is 338 g/mol. The number of rotatable bonds is 6. The number of aryl methyl sites for hydroxylation is 1. The lowest BCUT2D eigenvalue weighted by Gasteiger charge is -2.22. The molecule has 0 saturated carbocycles. The largest absolute Gasteiger partial charge is 0.338 e. The van der Waals surface area contributed by atoms with Crippen molar-refractivity contribution in [3.05, 3.63) is 59.7 Å². The monoisotopic (exact) mass is 338 g/mol. The minimum atomic E-state index is 0.150. The average Bonchev–Trinajstić information content (AvgIpc) is 3.10. The van der Waals surface area contributed by atoms with Gasteiger partial charge >= 0.3 is 0 Å². The lowest BCUT2D eigenvalue weighted by molar-refractivity contribution is 0.0783. The number of pyridine rings is 2. The van der Waals surface area contributed by atoms with Crippen LogP contribution < -0.4 is 0 Å². The van der Waals surface area contributed by atoms with Crippen molar-refractivity contribution in [3.63, 3.8) is 0 Å². The summed E-state index contributed by atoms with van der Waals surface area (Å²) in [7, 11) is 2.13. The lowest BCUT2D eigenvalue weighted by atomic mass is 10.1. The van der Waals surface area contributed by atoms with E-state index in [2.05, 4.69) is 34.9 Å². The second-order valence-corrected chi connectivity index (χ2v) is 6.85. The first-order valence-corrected chi connectivity index (χ1v) is 8.97. The third kappa shape index (κ3) is 4.42. The molecular formula is C20H26N4O. The molecule has 1 amide bonds. The van der Waals surface area contributed by atoms with E-state index < -0.39 is 0 Å². The van der Waals surface area contributed by atoms with E-state index in [1.807, 2.05) is 29.4 Å². The highest BCUT2D eigenvalue weighted by Gasteiger charge is 2.28. The molecule has 0 radical (unpaired) electrons. The van der Waals surface area contributed by atoms with Crippen LogP contribution in [0.3, 0.4) is 0 Å². The van der Waals surface area contributed by atoms with Gasteiger partial charge in [-0.1, -0.05) is 13.0 Å². The fourth-order valence-corrected chi connectivity index (χ4v) is 3.56. The molecule has 2 aromatic heterocycles. The first-order chi connectivity index (χ1) is 12.2. The number of amides is 1. The Balaban J connectivity index is 1.55. The molecule has 0 N–H and O–H groups in total. The van der Waals surface area contributed by atoms with Gasteiger partial charge in [0.2, 0.25) is 0 Å². The third-order valence-electron chi connectivity index (χ3n) is 4.83. The molecule has 132 valence electrons. The van der Waals surface area contributed by atoms with Crippen LogP contribution in [0.15, 0.2) is 43.0 Å². The molecule has 1 fully saturated rings. The first kappa shape index (κ1) is 17.5. The van der Waals surface area contributed by atoms with Crippen LogP contribution >= 0.6 is 0 Å². The van der Waals surface area contributed by atoms with E-state index in [0.29, 0.717) is 5.92 Å². The fraction of sp³-hybridized carbons (Fsp3) is 0.450. The molecule has 1 atom stereocenters. The lowest BCUT2D eigenvalue weighted by Crippen LogP contribution is -2.32. The van der Waals surface area contributed by atoms with Gasteiger partial charge in [0.15, 0.2) is 0 Å². The molecule has 1 aliphatic heterocycles. The Hall–Kier alpha value is -2.27. The number of carbonyl (C=O) groups is 1. The highest BCUT2D eigenvalue weighted by molar-refractivity contribution is 5.95. The minimum Gasteiger partial charge on any atom is -0.338 e. The van der Waals surface area contributed by atoms with Crippen LogP contribution in [-0.2, 0) is 13.0 Å². The predicted octanol–water partition coefficient (Wildman–Crippen LogP) is 2.63. The maximum absolute atomic E-state index is 12.8. The SMILES string of the molecule is CCc1cnccc1C(=O)N1CC[C@@H](CN(C)Cc2cccnc2)C1. The highest BCUT2D eigenvalue weighted by atomic mass is 16.2. The molecule has 3 rings (SSSR count). The molecule has 1 aliphatic rings. The van der Waals surface area contributed by atoms with Crippen LogP contribution in [0.25, 0.3) is 0 Å². The van der Waals surface area contributed by atoms with Crippen LogP contribution in [0.1, 0.15) is 34.8 Å². The quantitative estimate of drug-likeness (QED) is 0.812. The van der Waals surface area contributed by atoms with E-state index in [0.717, 1.165) is 50.1 Å². The zero-order valence-electron chi connectivity index (χ0n) is 15.1. The molecule has 0 aliphatic carbocycles. The maximum Gasteiger partial charge on any atom is 0.254 e. The van der Waals surface area contributed by atoms with Gasteiger partial charge in [-0.05, 0) is 49.1 Å². The fourth-order valence-electron chi connectivity index (χ4n) is 3.56. The van der Waals surface area contributed by atoms with Crippen molar-refractivity contribution in [2.24, 2.45) is 5.92 Å². The van der Waals surface area contributed by atoms with Crippen molar-refractivity contribution in [2.45, 2.75) is 26.3 Å². The number of likely N-dealkylation sites (tertiary alicyclic amines) is 1. The molecule has 2 aromatic rings. The normalized spacial score (nSPS) is 17.2. The summed E-state index contributed by atoms with van der Waals surface area (Å²) in [5, 5.41) is 0. The Morgan fingerprint density at radius 2 is 2.12 bits per heavy atom. The van der Waals surface area contributed by atoms with Gasteiger partial charge in [-0.25, -0.2) is 0 Å². The summed E-state index contributed by atoms with van der Waals surface area (Å²) in [6.45, 7) is 5.63. The van der Waals surface area contributed by atoms with Gasteiger partial charge in [0.1, 0.15) is 0 Å². The van der Waals surface area contributed by atoms with Gasteiger partial charge < -0.3 is 9.80 Å². The van der Waals surface area contributed by atoms with Crippen molar-refractivity contribution in [3.8, 4) is 0 Å². The Labute approximate surface area is 149 Å². The predicted molar refractivity (Wildman–Crippen MR) is 98.2 cm³/mol. The number of hydrogen-bond acceptors (Lipinski definition) is 4. The summed E-state index contributed by atoms with van der Waals surface area (Å²) in [5.41, 5.74) is 3.06. The van der Waals surface area contributed by atoms with Crippen molar-refractivity contribution in [1.82, 2.24) is 19.8 Å². The van der Waals surface area contributed by atoms with Crippen molar-refractivity contribution >= 4 is 5.91 Å². The van der Waals surface area contributed by atoms with Gasteiger partial charge in [-0.2, -0.15) is 0 Å². The topological polar surface area (TPSA) is 49.3 Å². The second kappa shape index (κ2) is 8.21. The molecule has 25 heavy (non-hydrogen) atoms. The van der Waals surface area contributed by atoms with Crippen molar-refractivity contribution in [1.29, 1.82) is 0 Å². The zero-order chi connectivity index (χ0) is 17.6. The van der Waals surface area contributed by atoms with E-state index in [1.54, 1.807) is 12.4 Å². The second-order valence-electron chi connectivity index (χ2n) is 6.85.